The molecule has 0 saturated carbocycles. The number of carbonyl (C=O) groups excluding carboxylic acids is 1. The van der Waals surface area contributed by atoms with Crippen LogP contribution in [-0.4, -0.2) is 42.2 Å². The van der Waals surface area contributed by atoms with Gasteiger partial charge >= 0.3 is 0 Å². The summed E-state index contributed by atoms with van der Waals surface area (Å²) in [7, 11) is 0. The van der Waals surface area contributed by atoms with Crippen molar-refractivity contribution in [3.63, 3.8) is 0 Å². The highest BCUT2D eigenvalue weighted by Crippen LogP contribution is 2.32. The number of carbonyl (C=O) groups is 1. The van der Waals surface area contributed by atoms with E-state index in [9.17, 15) is 20.0 Å². The van der Waals surface area contributed by atoms with Gasteiger partial charge in [-0.05, 0) is 30.3 Å². The van der Waals surface area contributed by atoms with Crippen LogP contribution in [0.4, 0.5) is 17.1 Å². The number of ether oxygens (including phenoxy) is 1. The molecule has 1 heterocycles. The van der Waals surface area contributed by atoms with E-state index in [-0.39, 0.29) is 17.0 Å². The smallest absolute Gasteiger partial charge is 0.292 e. The molecule has 1 aliphatic heterocycles. The molecule has 1 fully saturated rings. The maximum Gasteiger partial charge on any atom is 0.292 e. The van der Waals surface area contributed by atoms with Crippen molar-refractivity contribution >= 4 is 34.6 Å². The lowest BCUT2D eigenvalue weighted by Crippen LogP contribution is -2.36. The summed E-state index contributed by atoms with van der Waals surface area (Å²) in [4.78, 5) is 25.1. The molecule has 2 N–H and O–H groups in total. The van der Waals surface area contributed by atoms with Gasteiger partial charge in [0.1, 0.15) is 11.4 Å². The van der Waals surface area contributed by atoms with Crippen LogP contribution in [0.15, 0.2) is 36.4 Å². The molecule has 0 aromatic heterocycles. The third kappa shape index (κ3) is 3.87. The zero-order chi connectivity index (χ0) is 18.7. The van der Waals surface area contributed by atoms with Gasteiger partial charge in [0.25, 0.3) is 11.6 Å². The van der Waals surface area contributed by atoms with Crippen LogP contribution in [0.3, 0.4) is 0 Å². The second-order valence-electron chi connectivity index (χ2n) is 5.68. The zero-order valence-electron chi connectivity index (χ0n) is 13.6. The SMILES string of the molecule is O=C(Nc1ccc([N+](=O)[O-])c(N2CCOCC2)c1)c1cc(Cl)ccc1O. The predicted molar refractivity (Wildman–Crippen MR) is 97.2 cm³/mol. The molecular weight excluding hydrogens is 362 g/mol. The third-order valence-electron chi connectivity index (χ3n) is 3.98. The molecule has 2 aromatic carbocycles. The Morgan fingerprint density at radius 3 is 2.65 bits per heavy atom. The largest absolute Gasteiger partial charge is 0.507 e. The number of nitro groups is 1. The first-order chi connectivity index (χ1) is 12.5. The van der Waals surface area contributed by atoms with Gasteiger partial charge in [0.15, 0.2) is 0 Å². The van der Waals surface area contributed by atoms with Gasteiger partial charge in [-0.15, -0.1) is 0 Å². The maximum absolute atomic E-state index is 12.4. The number of morpholine rings is 1. The van der Waals surface area contributed by atoms with Crippen molar-refractivity contribution in [2.75, 3.05) is 36.5 Å². The average Bonchev–Trinajstić information content (AvgIpc) is 2.64. The lowest BCUT2D eigenvalue weighted by Gasteiger charge is -2.28. The number of hydrogen-bond donors (Lipinski definition) is 2. The van der Waals surface area contributed by atoms with E-state index in [1.54, 1.807) is 6.07 Å². The number of halogens is 1. The average molecular weight is 378 g/mol. The summed E-state index contributed by atoms with van der Waals surface area (Å²) in [6.45, 7) is 1.99. The van der Waals surface area contributed by atoms with Crippen LogP contribution in [0.1, 0.15) is 10.4 Å². The number of phenols is 1. The minimum atomic E-state index is -0.563. The molecule has 0 radical (unpaired) electrons. The fraction of sp³-hybridized carbons (Fsp3) is 0.235. The molecule has 0 aliphatic carbocycles. The van der Waals surface area contributed by atoms with E-state index in [0.29, 0.717) is 42.7 Å². The molecule has 2 aromatic rings. The van der Waals surface area contributed by atoms with Crippen LogP contribution in [0, 0.1) is 10.1 Å². The molecule has 8 nitrogen and oxygen atoms in total. The number of benzene rings is 2. The van der Waals surface area contributed by atoms with Crippen LogP contribution in [0.5, 0.6) is 5.75 Å². The molecule has 0 bridgehead atoms. The lowest BCUT2D eigenvalue weighted by molar-refractivity contribution is -0.384. The first-order valence-electron chi connectivity index (χ1n) is 7.86. The van der Waals surface area contributed by atoms with E-state index in [1.165, 1.54) is 30.3 Å². The topological polar surface area (TPSA) is 105 Å². The Kier molecular flexibility index (Phi) is 5.24. The van der Waals surface area contributed by atoms with Gasteiger partial charge in [-0.2, -0.15) is 0 Å². The number of rotatable bonds is 4. The fourth-order valence-corrected chi connectivity index (χ4v) is 2.87. The summed E-state index contributed by atoms with van der Waals surface area (Å²) in [5, 5.41) is 24.1. The highest BCUT2D eigenvalue weighted by Gasteiger charge is 2.22. The molecule has 1 aliphatic rings. The molecule has 0 atom stereocenters. The van der Waals surface area contributed by atoms with Crippen molar-refractivity contribution in [3.05, 3.63) is 57.1 Å². The monoisotopic (exact) mass is 377 g/mol. The Bertz CT molecular complexity index is 852. The van der Waals surface area contributed by atoms with E-state index < -0.39 is 10.8 Å². The molecule has 1 saturated heterocycles. The number of anilines is 2. The molecule has 26 heavy (non-hydrogen) atoms. The summed E-state index contributed by atoms with van der Waals surface area (Å²) in [6, 6.07) is 8.48. The van der Waals surface area contributed by atoms with Gasteiger partial charge in [-0.25, -0.2) is 0 Å². The first-order valence-corrected chi connectivity index (χ1v) is 8.24. The van der Waals surface area contributed by atoms with Crippen LogP contribution in [0.25, 0.3) is 0 Å². The number of nitrogens with one attached hydrogen (secondary N) is 1. The Morgan fingerprint density at radius 2 is 1.96 bits per heavy atom. The van der Waals surface area contributed by atoms with Gasteiger partial charge in [-0.1, -0.05) is 11.6 Å². The number of aromatic hydroxyl groups is 1. The third-order valence-corrected chi connectivity index (χ3v) is 4.22. The highest BCUT2D eigenvalue weighted by molar-refractivity contribution is 6.31. The normalized spacial score (nSPS) is 14.1. The van der Waals surface area contributed by atoms with Crippen molar-refractivity contribution in [1.82, 2.24) is 0 Å². The first kappa shape index (κ1) is 18.0. The second kappa shape index (κ2) is 7.59. The maximum atomic E-state index is 12.4. The summed E-state index contributed by atoms with van der Waals surface area (Å²) in [6.07, 6.45) is 0. The molecule has 0 spiro atoms. The Labute approximate surface area is 154 Å². The van der Waals surface area contributed by atoms with Gasteiger partial charge in [0.05, 0.1) is 23.7 Å². The van der Waals surface area contributed by atoms with Crippen LogP contribution < -0.4 is 10.2 Å². The molecule has 9 heteroatoms. The van der Waals surface area contributed by atoms with Crippen LogP contribution in [0.2, 0.25) is 5.02 Å². The van der Waals surface area contributed by atoms with Crippen molar-refractivity contribution in [3.8, 4) is 5.75 Å². The molecule has 3 rings (SSSR count). The van der Waals surface area contributed by atoms with Gasteiger partial charge in [0, 0.05) is 29.9 Å². The Morgan fingerprint density at radius 1 is 1.23 bits per heavy atom. The Balaban J connectivity index is 1.89. The minimum Gasteiger partial charge on any atom is -0.507 e. The van der Waals surface area contributed by atoms with E-state index in [1.807, 2.05) is 4.90 Å². The van der Waals surface area contributed by atoms with Crippen LogP contribution >= 0.6 is 11.6 Å². The zero-order valence-corrected chi connectivity index (χ0v) is 14.4. The number of nitrogens with zero attached hydrogens (tertiary/aromatic N) is 2. The number of hydrogen-bond acceptors (Lipinski definition) is 6. The van der Waals surface area contributed by atoms with Crippen molar-refractivity contribution in [2.24, 2.45) is 0 Å². The summed E-state index contributed by atoms with van der Waals surface area (Å²) < 4.78 is 5.28. The fourth-order valence-electron chi connectivity index (χ4n) is 2.70. The highest BCUT2D eigenvalue weighted by atomic mass is 35.5. The quantitative estimate of drug-likeness (QED) is 0.626. The summed E-state index contributed by atoms with van der Waals surface area (Å²) in [5.74, 6) is -0.769. The summed E-state index contributed by atoms with van der Waals surface area (Å²) >= 11 is 5.86. The van der Waals surface area contributed by atoms with Gasteiger partial charge in [0.2, 0.25) is 0 Å². The van der Waals surface area contributed by atoms with E-state index in [0.717, 1.165) is 0 Å². The standard InChI is InChI=1S/C17H16ClN3O5/c18-11-1-4-16(22)13(9-11)17(23)19-12-2-3-14(21(24)25)15(10-12)20-5-7-26-8-6-20/h1-4,9-10,22H,5-8H2,(H,19,23). The van der Waals surface area contributed by atoms with E-state index in [2.05, 4.69) is 5.32 Å². The van der Waals surface area contributed by atoms with Crippen molar-refractivity contribution < 1.29 is 19.6 Å². The van der Waals surface area contributed by atoms with Gasteiger partial charge in [-0.3, -0.25) is 14.9 Å². The predicted octanol–water partition coefficient (Wildman–Crippen LogP) is 3.04. The minimum absolute atomic E-state index is 0.0174. The molecule has 1 amide bonds. The molecule has 136 valence electrons. The lowest BCUT2D eigenvalue weighted by atomic mass is 10.1. The van der Waals surface area contributed by atoms with Crippen molar-refractivity contribution in [1.29, 1.82) is 0 Å². The summed E-state index contributed by atoms with van der Waals surface area (Å²) in [5.41, 5.74) is 0.757. The number of nitro benzene ring substituents is 1. The Hall–Kier alpha value is -2.84. The second-order valence-corrected chi connectivity index (χ2v) is 6.11. The van der Waals surface area contributed by atoms with Crippen molar-refractivity contribution in [2.45, 2.75) is 0 Å². The molecule has 0 unspecified atom stereocenters. The molecular formula is C17H16ClN3O5. The van der Waals surface area contributed by atoms with E-state index in [4.69, 9.17) is 16.3 Å². The van der Waals surface area contributed by atoms with Crippen LogP contribution in [-0.2, 0) is 4.74 Å². The number of amides is 1. The number of phenolic OH excluding ortho intramolecular Hbond substituents is 1. The van der Waals surface area contributed by atoms with E-state index >= 15 is 0 Å². The van der Waals surface area contributed by atoms with Gasteiger partial charge < -0.3 is 20.1 Å².